The van der Waals surface area contributed by atoms with Crippen LogP contribution in [0.2, 0.25) is 0 Å². The van der Waals surface area contributed by atoms with Gasteiger partial charge in [-0.3, -0.25) is 4.68 Å². The van der Waals surface area contributed by atoms with E-state index < -0.39 is 0 Å². The molecule has 98 valence electrons. The van der Waals surface area contributed by atoms with Crippen molar-refractivity contribution < 1.29 is 9.31 Å². The molecule has 1 aromatic rings. The molecule has 1 aliphatic heterocycles. The molecule has 18 heavy (non-hydrogen) atoms. The number of nitrogens with two attached hydrogens (primary N) is 1. The van der Waals surface area contributed by atoms with E-state index in [2.05, 4.69) is 5.10 Å². The molecule has 0 radical (unpaired) electrons. The van der Waals surface area contributed by atoms with Crippen LogP contribution in [0, 0.1) is 0 Å². The van der Waals surface area contributed by atoms with Gasteiger partial charge < -0.3 is 15.0 Å². The Morgan fingerprint density at radius 1 is 1.28 bits per heavy atom. The quantitative estimate of drug-likeness (QED) is 0.809. The lowest BCUT2D eigenvalue weighted by Gasteiger charge is -2.32. The van der Waals surface area contributed by atoms with Gasteiger partial charge >= 0.3 is 7.12 Å². The SMILES string of the molecule is Cn1ncc(/C=C/B2OC(C)(C)C(C)(C)O2)c1N. The molecule has 2 N–H and O–H groups in total. The lowest BCUT2D eigenvalue weighted by Crippen LogP contribution is -2.41. The van der Waals surface area contributed by atoms with E-state index in [0.29, 0.717) is 5.82 Å². The van der Waals surface area contributed by atoms with Crippen LogP contribution in [0.3, 0.4) is 0 Å². The van der Waals surface area contributed by atoms with Crippen LogP contribution >= 0.6 is 0 Å². The Kier molecular flexibility index (Phi) is 3.03. The Morgan fingerprint density at radius 2 is 1.83 bits per heavy atom. The number of rotatable bonds is 2. The summed E-state index contributed by atoms with van der Waals surface area (Å²) in [6, 6.07) is 0. The predicted octanol–water partition coefficient (Wildman–Crippen LogP) is 1.65. The van der Waals surface area contributed by atoms with E-state index in [4.69, 9.17) is 15.0 Å². The summed E-state index contributed by atoms with van der Waals surface area (Å²) in [7, 11) is 1.45. The first-order chi connectivity index (χ1) is 8.23. The lowest BCUT2D eigenvalue weighted by atomic mass is 9.89. The lowest BCUT2D eigenvalue weighted by molar-refractivity contribution is 0.00578. The number of nitrogen functional groups attached to an aromatic ring is 1. The van der Waals surface area contributed by atoms with E-state index in [1.165, 1.54) is 0 Å². The van der Waals surface area contributed by atoms with Gasteiger partial charge in [-0.2, -0.15) is 5.10 Å². The standard InChI is InChI=1S/C12H20BN3O2/c1-11(2)12(3,4)18-13(17-11)7-6-9-8-15-16(5)10(9)14/h6-8H,14H2,1-5H3/b7-6+. The van der Waals surface area contributed by atoms with Crippen molar-refractivity contribution in [1.82, 2.24) is 9.78 Å². The third-order valence-corrected chi connectivity index (χ3v) is 3.72. The molecule has 2 rings (SSSR count). The second-order valence-electron chi connectivity index (χ2n) is 5.59. The van der Waals surface area contributed by atoms with Crippen molar-refractivity contribution >= 4 is 19.0 Å². The fraction of sp³-hybridized carbons (Fsp3) is 0.583. The third-order valence-electron chi connectivity index (χ3n) is 3.72. The summed E-state index contributed by atoms with van der Waals surface area (Å²) >= 11 is 0. The maximum absolute atomic E-state index is 5.86. The molecule has 0 spiro atoms. The first-order valence-electron chi connectivity index (χ1n) is 6.04. The van der Waals surface area contributed by atoms with Crippen LogP contribution in [0.25, 0.3) is 6.08 Å². The van der Waals surface area contributed by atoms with E-state index in [1.807, 2.05) is 46.8 Å². The Morgan fingerprint density at radius 3 is 2.28 bits per heavy atom. The predicted molar refractivity (Wildman–Crippen MR) is 72.7 cm³/mol. The van der Waals surface area contributed by atoms with Gasteiger partial charge in [-0.05, 0) is 27.7 Å². The zero-order valence-electron chi connectivity index (χ0n) is 11.6. The van der Waals surface area contributed by atoms with Gasteiger partial charge in [0.25, 0.3) is 0 Å². The van der Waals surface area contributed by atoms with Crippen molar-refractivity contribution in [1.29, 1.82) is 0 Å². The fourth-order valence-electron chi connectivity index (χ4n) is 1.74. The number of aromatic nitrogens is 2. The van der Waals surface area contributed by atoms with Gasteiger partial charge in [0, 0.05) is 12.6 Å². The molecule has 1 aromatic heterocycles. The summed E-state index contributed by atoms with van der Waals surface area (Å²) in [4.78, 5) is 0. The molecule has 0 atom stereocenters. The van der Waals surface area contributed by atoms with Crippen LogP contribution in [0.15, 0.2) is 12.2 Å². The minimum absolute atomic E-state index is 0.317. The molecule has 0 unspecified atom stereocenters. The van der Waals surface area contributed by atoms with E-state index in [1.54, 1.807) is 10.9 Å². The van der Waals surface area contributed by atoms with Gasteiger partial charge in [-0.1, -0.05) is 12.1 Å². The van der Waals surface area contributed by atoms with Gasteiger partial charge in [0.1, 0.15) is 5.82 Å². The fourth-order valence-corrected chi connectivity index (χ4v) is 1.74. The molecule has 1 fully saturated rings. The Hall–Kier alpha value is -1.27. The highest BCUT2D eigenvalue weighted by atomic mass is 16.7. The molecular formula is C12H20BN3O2. The van der Waals surface area contributed by atoms with Crippen LogP contribution in [-0.2, 0) is 16.4 Å². The minimum Gasteiger partial charge on any atom is -0.400 e. The molecule has 0 amide bonds. The van der Waals surface area contributed by atoms with Crippen molar-refractivity contribution in [3.63, 3.8) is 0 Å². The zero-order valence-corrected chi connectivity index (χ0v) is 11.6. The molecule has 1 aliphatic rings. The van der Waals surface area contributed by atoms with Crippen molar-refractivity contribution in [2.75, 3.05) is 5.73 Å². The second-order valence-corrected chi connectivity index (χ2v) is 5.59. The number of hydrogen-bond donors (Lipinski definition) is 1. The summed E-state index contributed by atoms with van der Waals surface area (Å²) in [6.45, 7) is 8.11. The van der Waals surface area contributed by atoms with E-state index >= 15 is 0 Å². The van der Waals surface area contributed by atoms with Crippen LogP contribution in [-0.4, -0.2) is 28.1 Å². The molecule has 2 heterocycles. The van der Waals surface area contributed by atoms with Gasteiger partial charge in [0.05, 0.1) is 17.4 Å². The van der Waals surface area contributed by atoms with E-state index in [0.717, 1.165) is 5.56 Å². The van der Waals surface area contributed by atoms with Crippen molar-refractivity contribution in [2.45, 2.75) is 38.9 Å². The highest BCUT2D eigenvalue weighted by molar-refractivity contribution is 6.52. The van der Waals surface area contributed by atoms with E-state index in [9.17, 15) is 0 Å². The molecule has 6 heteroatoms. The Labute approximate surface area is 108 Å². The summed E-state index contributed by atoms with van der Waals surface area (Å²) < 4.78 is 13.3. The first-order valence-corrected chi connectivity index (χ1v) is 6.04. The highest BCUT2D eigenvalue weighted by Crippen LogP contribution is 2.37. The van der Waals surface area contributed by atoms with Crippen LogP contribution in [0.4, 0.5) is 5.82 Å². The molecular weight excluding hydrogens is 229 g/mol. The molecule has 5 nitrogen and oxygen atoms in total. The van der Waals surface area contributed by atoms with Gasteiger partial charge in [0.2, 0.25) is 0 Å². The van der Waals surface area contributed by atoms with Crippen molar-refractivity contribution in [2.24, 2.45) is 7.05 Å². The van der Waals surface area contributed by atoms with Crippen LogP contribution in [0.5, 0.6) is 0 Å². The summed E-state index contributed by atoms with van der Waals surface area (Å²) in [5, 5.41) is 4.08. The molecule has 0 bridgehead atoms. The number of aryl methyl sites for hydroxylation is 1. The average Bonchev–Trinajstić information content (AvgIpc) is 2.65. The summed E-state index contributed by atoms with van der Waals surface area (Å²) in [5.41, 5.74) is 6.10. The highest BCUT2D eigenvalue weighted by Gasteiger charge is 2.49. The number of anilines is 1. The maximum atomic E-state index is 5.86. The Balaban J connectivity index is 2.11. The van der Waals surface area contributed by atoms with Gasteiger partial charge in [0.15, 0.2) is 0 Å². The average molecular weight is 249 g/mol. The molecule has 0 aromatic carbocycles. The van der Waals surface area contributed by atoms with Crippen molar-refractivity contribution in [3.05, 3.63) is 17.7 Å². The van der Waals surface area contributed by atoms with Gasteiger partial charge in [-0.25, -0.2) is 0 Å². The zero-order chi connectivity index (χ0) is 13.6. The van der Waals surface area contributed by atoms with Crippen molar-refractivity contribution in [3.8, 4) is 0 Å². The second kappa shape index (κ2) is 4.14. The summed E-state index contributed by atoms with van der Waals surface area (Å²) in [6.07, 6.45) is 3.60. The molecule has 1 saturated heterocycles. The monoisotopic (exact) mass is 249 g/mol. The topological polar surface area (TPSA) is 62.3 Å². The number of nitrogens with zero attached hydrogens (tertiary/aromatic N) is 2. The largest absolute Gasteiger partial charge is 0.487 e. The van der Waals surface area contributed by atoms with Crippen LogP contribution < -0.4 is 5.73 Å². The minimum atomic E-state index is -0.352. The smallest absolute Gasteiger partial charge is 0.400 e. The summed E-state index contributed by atoms with van der Waals surface area (Å²) in [5.74, 6) is 2.49. The maximum Gasteiger partial charge on any atom is 0.487 e. The third kappa shape index (κ3) is 2.18. The van der Waals surface area contributed by atoms with Crippen LogP contribution in [0.1, 0.15) is 33.3 Å². The Bertz CT molecular complexity index is 464. The van der Waals surface area contributed by atoms with Gasteiger partial charge in [-0.15, -0.1) is 0 Å². The first kappa shape index (κ1) is 13.2. The number of hydrogen-bond acceptors (Lipinski definition) is 4. The normalized spacial score (nSPS) is 21.9. The molecule has 0 saturated carbocycles. The van der Waals surface area contributed by atoms with E-state index in [-0.39, 0.29) is 18.3 Å². The molecule has 0 aliphatic carbocycles.